The Kier molecular flexibility index (Phi) is 10.9. The van der Waals surface area contributed by atoms with Gasteiger partial charge < -0.3 is 4.74 Å². The van der Waals surface area contributed by atoms with E-state index in [-0.39, 0.29) is 0 Å². The molecule has 13 unspecified atom stereocenters. The molecule has 288 valence electrons. The molecule has 0 amide bonds. The predicted octanol–water partition coefficient (Wildman–Crippen LogP) is 10.9. The maximum absolute atomic E-state index is 7.44. The molecule has 0 aromatic rings. The second kappa shape index (κ2) is 15.8. The average Bonchev–Trinajstić information content (AvgIpc) is 3.59. The molecule has 0 aromatic heterocycles. The molecule has 3 N–H and O–H groups in total. The van der Waals surface area contributed by atoms with Crippen molar-refractivity contribution in [2.45, 2.75) is 217 Å². The van der Waals surface area contributed by atoms with Crippen molar-refractivity contribution in [2.75, 3.05) is 0 Å². The van der Waals surface area contributed by atoms with Gasteiger partial charge in [-0.1, -0.05) is 77.0 Å². The number of fused-ring (bicyclic) bond motifs is 6. The summed E-state index contributed by atoms with van der Waals surface area (Å²) in [6.07, 6.45) is 45.8. The Labute approximate surface area is 313 Å². The highest BCUT2D eigenvalue weighted by atomic mass is 16.5. The van der Waals surface area contributed by atoms with E-state index in [4.69, 9.17) is 4.74 Å². The van der Waals surface area contributed by atoms with Crippen molar-refractivity contribution in [3.63, 3.8) is 0 Å². The van der Waals surface area contributed by atoms with E-state index in [0.29, 0.717) is 30.7 Å². The molecule has 8 saturated carbocycles. The summed E-state index contributed by atoms with van der Waals surface area (Å²) in [5.41, 5.74) is 0. The number of hydrogen-bond donors (Lipinski definition) is 3. The van der Waals surface area contributed by atoms with Gasteiger partial charge in [-0.05, 0) is 186 Å². The van der Waals surface area contributed by atoms with Crippen LogP contribution in [-0.4, -0.2) is 30.7 Å². The number of ether oxygens (including phenoxy) is 1. The molecule has 10 rings (SSSR count). The van der Waals surface area contributed by atoms with Gasteiger partial charge in [0.15, 0.2) is 0 Å². The van der Waals surface area contributed by atoms with Crippen molar-refractivity contribution >= 4 is 0 Å². The van der Waals surface area contributed by atoms with Crippen LogP contribution >= 0.6 is 0 Å². The summed E-state index contributed by atoms with van der Waals surface area (Å²) in [5, 5.41) is 12.9. The van der Waals surface area contributed by atoms with Crippen LogP contribution in [0.2, 0.25) is 0 Å². The zero-order chi connectivity index (χ0) is 33.7. The minimum absolute atomic E-state index is 0.471. The molecular formula is C47H79N3O. The van der Waals surface area contributed by atoms with Crippen LogP contribution in [0.4, 0.5) is 0 Å². The van der Waals surface area contributed by atoms with E-state index in [1.165, 1.54) is 128 Å². The Morgan fingerprint density at radius 3 is 1.39 bits per heavy atom. The maximum Gasteiger partial charge on any atom is 0.0628 e. The van der Waals surface area contributed by atoms with Gasteiger partial charge in [0.1, 0.15) is 0 Å². The lowest BCUT2D eigenvalue weighted by molar-refractivity contribution is -0.0729. The monoisotopic (exact) mass is 702 g/mol. The number of nitrogens with one attached hydrogen (secondary N) is 3. The maximum atomic E-state index is 7.44. The molecular weight excluding hydrogens is 623 g/mol. The fraction of sp³-hybridized carbons (Fsp3) is 1.00. The van der Waals surface area contributed by atoms with Gasteiger partial charge in [-0.2, -0.15) is 0 Å². The SMILES string of the molecule is C1CCC(C2NC(C3CCCCC3)NC(C3CC4OC5CC(C6CCC(C7CCC8CCCCC8C7)CC6)CCC5C4C4CCCCC34)N2)CC1. The Balaban J connectivity index is 0.795. The molecule has 4 nitrogen and oxygen atoms in total. The van der Waals surface area contributed by atoms with Crippen molar-refractivity contribution in [2.24, 2.45) is 76.9 Å². The summed E-state index contributed by atoms with van der Waals surface area (Å²) in [5.74, 6) is 12.3. The van der Waals surface area contributed by atoms with Crippen LogP contribution in [0.5, 0.6) is 0 Å². The molecule has 0 bridgehead atoms. The fourth-order valence-electron chi connectivity index (χ4n) is 16.5. The lowest BCUT2D eigenvalue weighted by Crippen LogP contribution is -2.73. The minimum atomic E-state index is 0.471. The second-order valence-corrected chi connectivity index (χ2v) is 21.3. The van der Waals surface area contributed by atoms with Crippen LogP contribution in [0.15, 0.2) is 0 Å². The van der Waals surface area contributed by atoms with Crippen molar-refractivity contribution in [3.05, 3.63) is 0 Å². The second-order valence-electron chi connectivity index (χ2n) is 21.3. The van der Waals surface area contributed by atoms with Crippen LogP contribution in [0, 0.1) is 76.9 Å². The lowest BCUT2D eigenvalue weighted by Gasteiger charge is -2.54. The normalized spacial score (nSPS) is 51.5. The summed E-state index contributed by atoms with van der Waals surface area (Å²) in [4.78, 5) is 0. The van der Waals surface area contributed by atoms with E-state index < -0.39 is 0 Å². The summed E-state index contributed by atoms with van der Waals surface area (Å²) in [7, 11) is 0. The van der Waals surface area contributed by atoms with Crippen molar-refractivity contribution in [1.29, 1.82) is 0 Å². The third kappa shape index (κ3) is 7.20. The molecule has 4 heteroatoms. The topological polar surface area (TPSA) is 45.3 Å². The van der Waals surface area contributed by atoms with Crippen molar-refractivity contribution in [3.8, 4) is 0 Å². The molecule has 8 aliphatic carbocycles. The van der Waals surface area contributed by atoms with Crippen LogP contribution < -0.4 is 16.0 Å². The molecule has 10 aliphatic rings. The molecule has 2 saturated heterocycles. The smallest absolute Gasteiger partial charge is 0.0628 e. The van der Waals surface area contributed by atoms with E-state index >= 15 is 0 Å². The highest BCUT2D eigenvalue weighted by molar-refractivity contribution is 5.07. The van der Waals surface area contributed by atoms with Crippen LogP contribution in [0.1, 0.15) is 186 Å². The van der Waals surface area contributed by atoms with E-state index in [2.05, 4.69) is 16.0 Å². The number of rotatable bonds is 5. The molecule has 2 aliphatic heterocycles. The van der Waals surface area contributed by atoms with Crippen LogP contribution in [0.3, 0.4) is 0 Å². The fourth-order valence-corrected chi connectivity index (χ4v) is 16.5. The lowest BCUT2D eigenvalue weighted by atomic mass is 9.55. The van der Waals surface area contributed by atoms with E-state index in [0.717, 1.165) is 76.9 Å². The van der Waals surface area contributed by atoms with Crippen molar-refractivity contribution in [1.82, 2.24) is 16.0 Å². The third-order valence-corrected chi connectivity index (χ3v) is 19.1. The molecule has 0 radical (unpaired) electrons. The summed E-state index contributed by atoms with van der Waals surface area (Å²) >= 11 is 0. The van der Waals surface area contributed by atoms with Crippen LogP contribution in [0.25, 0.3) is 0 Å². The van der Waals surface area contributed by atoms with Gasteiger partial charge in [-0.15, -0.1) is 0 Å². The first-order valence-corrected chi connectivity index (χ1v) is 24.2. The molecule has 0 aromatic carbocycles. The molecule has 10 fully saturated rings. The third-order valence-electron chi connectivity index (χ3n) is 19.1. The first kappa shape index (κ1) is 35.3. The van der Waals surface area contributed by atoms with Gasteiger partial charge in [0.25, 0.3) is 0 Å². The Morgan fingerprint density at radius 1 is 0.275 bits per heavy atom. The average molecular weight is 702 g/mol. The molecule has 2 heterocycles. The van der Waals surface area contributed by atoms with Gasteiger partial charge in [0, 0.05) is 0 Å². The van der Waals surface area contributed by atoms with Gasteiger partial charge >= 0.3 is 0 Å². The predicted molar refractivity (Wildman–Crippen MR) is 209 cm³/mol. The summed E-state index contributed by atoms with van der Waals surface area (Å²) in [6, 6.07) is 0. The van der Waals surface area contributed by atoms with Gasteiger partial charge in [-0.3, -0.25) is 16.0 Å². The highest BCUT2D eigenvalue weighted by Crippen LogP contribution is 2.59. The molecule has 51 heavy (non-hydrogen) atoms. The zero-order valence-electron chi connectivity index (χ0n) is 32.8. The molecule has 13 atom stereocenters. The van der Waals surface area contributed by atoms with Gasteiger partial charge in [0.05, 0.1) is 30.7 Å². The Morgan fingerprint density at radius 2 is 0.725 bits per heavy atom. The van der Waals surface area contributed by atoms with E-state index in [9.17, 15) is 0 Å². The van der Waals surface area contributed by atoms with E-state index in [1.54, 1.807) is 57.8 Å². The standard InChI is InChI=1S/C47H79N3O/c1-3-12-33(13-4-1)45-48-46(34-14-5-2-6-15-34)50-47(49-45)41-29-43-44(39-18-10-9-17-38(39)41)40-26-25-37(28-42(40)51-43)32-21-19-31(20-22-32)36-24-23-30-11-7-8-16-35(30)27-36/h30-50H,1-29H2. The van der Waals surface area contributed by atoms with Crippen LogP contribution in [-0.2, 0) is 4.74 Å². The zero-order valence-corrected chi connectivity index (χ0v) is 32.8. The van der Waals surface area contributed by atoms with E-state index in [1.807, 2.05) is 0 Å². The summed E-state index contributed by atoms with van der Waals surface area (Å²) in [6.45, 7) is 0. The summed E-state index contributed by atoms with van der Waals surface area (Å²) < 4.78 is 7.44. The quantitative estimate of drug-likeness (QED) is 0.267. The Bertz CT molecular complexity index is 1100. The minimum Gasteiger partial charge on any atom is -0.374 e. The molecule has 0 spiro atoms. The number of hydrogen-bond acceptors (Lipinski definition) is 4. The Hall–Kier alpha value is -0.160. The van der Waals surface area contributed by atoms with Gasteiger partial charge in [-0.25, -0.2) is 0 Å². The van der Waals surface area contributed by atoms with Gasteiger partial charge in [0.2, 0.25) is 0 Å². The largest absolute Gasteiger partial charge is 0.374 e. The van der Waals surface area contributed by atoms with Crippen molar-refractivity contribution < 1.29 is 4.74 Å². The first-order valence-electron chi connectivity index (χ1n) is 24.2. The highest BCUT2D eigenvalue weighted by Gasteiger charge is 2.58. The first-order chi connectivity index (χ1) is 25.2.